The van der Waals surface area contributed by atoms with Gasteiger partial charge in [-0.05, 0) is 30.3 Å². The number of phenols is 1. The molecule has 106 valence electrons. The fourth-order valence-corrected chi connectivity index (χ4v) is 2.94. The molecule has 0 radical (unpaired) electrons. The highest BCUT2D eigenvalue weighted by Crippen LogP contribution is 2.22. The summed E-state index contributed by atoms with van der Waals surface area (Å²) < 4.78 is 25.9. The van der Waals surface area contributed by atoms with Gasteiger partial charge in [0.15, 0.2) is 0 Å². The lowest BCUT2D eigenvalue weighted by Gasteiger charge is -2.18. The zero-order chi connectivity index (χ0) is 14.8. The molecule has 0 aromatic heterocycles. The van der Waals surface area contributed by atoms with E-state index in [0.717, 1.165) is 0 Å². The quantitative estimate of drug-likeness (QED) is 0.842. The number of anilines is 1. The van der Waals surface area contributed by atoms with Gasteiger partial charge in [0.1, 0.15) is 5.75 Å². The lowest BCUT2D eigenvalue weighted by molar-refractivity contribution is 0.436. The predicted molar refractivity (Wildman–Crippen MR) is 77.6 cm³/mol. The highest BCUT2D eigenvalue weighted by molar-refractivity contribution is 7.89. The average molecular weight is 292 g/mol. The lowest BCUT2D eigenvalue weighted by atomic mass is 10.2. The molecule has 2 rings (SSSR count). The molecule has 20 heavy (non-hydrogen) atoms. The number of hydrogen-bond acceptors (Lipinski definition) is 4. The maximum Gasteiger partial charge on any atom is 0.243 e. The molecule has 0 atom stereocenters. The molecule has 3 N–H and O–H groups in total. The van der Waals surface area contributed by atoms with Crippen LogP contribution in [0.2, 0.25) is 0 Å². The van der Waals surface area contributed by atoms with E-state index in [-0.39, 0.29) is 17.2 Å². The van der Waals surface area contributed by atoms with Crippen molar-refractivity contribution in [2.75, 3.05) is 12.8 Å². The van der Waals surface area contributed by atoms with Gasteiger partial charge in [-0.25, -0.2) is 8.42 Å². The van der Waals surface area contributed by atoms with E-state index in [1.54, 1.807) is 30.3 Å². The molecule has 0 heterocycles. The van der Waals surface area contributed by atoms with E-state index in [9.17, 15) is 13.5 Å². The van der Waals surface area contributed by atoms with E-state index in [1.807, 2.05) is 0 Å². The first-order valence-electron chi connectivity index (χ1n) is 6.00. The van der Waals surface area contributed by atoms with Crippen molar-refractivity contribution in [3.8, 4) is 5.75 Å². The van der Waals surface area contributed by atoms with Crippen LogP contribution in [0.15, 0.2) is 53.4 Å². The number of nitrogen functional groups attached to an aromatic ring is 1. The summed E-state index contributed by atoms with van der Waals surface area (Å²) in [4.78, 5) is 0.171. The second-order valence-corrected chi connectivity index (χ2v) is 6.50. The van der Waals surface area contributed by atoms with Crippen molar-refractivity contribution in [2.45, 2.75) is 11.4 Å². The van der Waals surface area contributed by atoms with Gasteiger partial charge in [0.2, 0.25) is 10.0 Å². The summed E-state index contributed by atoms with van der Waals surface area (Å²) in [6, 6.07) is 12.7. The van der Waals surface area contributed by atoms with E-state index in [4.69, 9.17) is 5.73 Å². The van der Waals surface area contributed by atoms with Gasteiger partial charge in [-0.2, -0.15) is 4.31 Å². The molecule has 0 saturated heterocycles. The molecular weight excluding hydrogens is 276 g/mol. The van der Waals surface area contributed by atoms with Crippen LogP contribution in [0.3, 0.4) is 0 Å². The van der Waals surface area contributed by atoms with Crippen LogP contribution in [0.1, 0.15) is 5.56 Å². The van der Waals surface area contributed by atoms with Gasteiger partial charge in [0.05, 0.1) is 4.90 Å². The number of nitrogens with zero attached hydrogens (tertiary/aromatic N) is 1. The van der Waals surface area contributed by atoms with Crippen LogP contribution in [0.4, 0.5) is 5.69 Å². The molecule has 0 amide bonds. The maximum atomic E-state index is 12.4. The normalized spacial score (nSPS) is 11.7. The Morgan fingerprint density at radius 2 is 1.70 bits per heavy atom. The molecule has 0 saturated carbocycles. The number of rotatable bonds is 4. The summed E-state index contributed by atoms with van der Waals surface area (Å²) in [5.41, 5.74) is 6.60. The molecule has 6 heteroatoms. The number of benzene rings is 2. The standard InChI is InChI=1S/C14H16N2O3S/c1-16(10-11-4-2-3-5-14(11)17)20(18,19)13-8-6-12(15)7-9-13/h2-9,17H,10,15H2,1H3. The van der Waals surface area contributed by atoms with Crippen LogP contribution in [0.25, 0.3) is 0 Å². The summed E-state index contributed by atoms with van der Waals surface area (Å²) in [6.07, 6.45) is 0. The Labute approximate surface area is 118 Å². The molecule has 0 fully saturated rings. The number of sulfonamides is 1. The first-order chi connectivity index (χ1) is 9.41. The van der Waals surface area contributed by atoms with Crippen LogP contribution < -0.4 is 5.73 Å². The second-order valence-electron chi connectivity index (χ2n) is 4.46. The van der Waals surface area contributed by atoms with Crippen LogP contribution in [0.5, 0.6) is 5.75 Å². The number of para-hydroxylation sites is 1. The fraction of sp³-hybridized carbons (Fsp3) is 0.143. The molecule has 5 nitrogen and oxygen atoms in total. The predicted octanol–water partition coefficient (Wildman–Crippen LogP) is 1.80. The van der Waals surface area contributed by atoms with Crippen LogP contribution >= 0.6 is 0 Å². The zero-order valence-electron chi connectivity index (χ0n) is 11.0. The monoisotopic (exact) mass is 292 g/mol. The Hall–Kier alpha value is -2.05. The smallest absolute Gasteiger partial charge is 0.243 e. The highest BCUT2D eigenvalue weighted by Gasteiger charge is 2.21. The molecular formula is C14H16N2O3S. The Kier molecular flexibility index (Phi) is 3.96. The van der Waals surface area contributed by atoms with Crippen molar-refractivity contribution in [3.05, 3.63) is 54.1 Å². The lowest BCUT2D eigenvalue weighted by Crippen LogP contribution is -2.26. The third-order valence-corrected chi connectivity index (χ3v) is 4.79. The fourth-order valence-electron chi connectivity index (χ4n) is 1.79. The van der Waals surface area contributed by atoms with E-state index in [0.29, 0.717) is 11.3 Å². The second kappa shape index (κ2) is 5.52. The van der Waals surface area contributed by atoms with Crippen LogP contribution in [0, 0.1) is 0 Å². The SMILES string of the molecule is CN(Cc1ccccc1O)S(=O)(=O)c1ccc(N)cc1. The van der Waals surface area contributed by atoms with Crippen molar-refractivity contribution in [1.29, 1.82) is 0 Å². The maximum absolute atomic E-state index is 12.4. The van der Waals surface area contributed by atoms with Crippen LogP contribution in [-0.2, 0) is 16.6 Å². The average Bonchev–Trinajstić information content (AvgIpc) is 2.41. The number of phenolic OH excluding ortho intramolecular Hbond substituents is 1. The Balaban J connectivity index is 2.26. The summed E-state index contributed by atoms with van der Waals surface area (Å²) in [6.45, 7) is 0.0966. The minimum absolute atomic E-state index is 0.0758. The Morgan fingerprint density at radius 3 is 2.30 bits per heavy atom. The van der Waals surface area contributed by atoms with E-state index >= 15 is 0 Å². The summed E-state index contributed by atoms with van der Waals surface area (Å²) in [7, 11) is -2.13. The van der Waals surface area contributed by atoms with Gasteiger partial charge in [0, 0.05) is 24.8 Å². The molecule has 0 unspecified atom stereocenters. The number of aromatic hydroxyl groups is 1. The van der Waals surface area contributed by atoms with Crippen LogP contribution in [-0.4, -0.2) is 24.9 Å². The van der Waals surface area contributed by atoms with E-state index in [2.05, 4.69) is 0 Å². The molecule has 0 bridgehead atoms. The van der Waals surface area contributed by atoms with Crippen molar-refractivity contribution in [1.82, 2.24) is 4.31 Å². The van der Waals surface area contributed by atoms with E-state index < -0.39 is 10.0 Å². The minimum atomic E-state index is -3.60. The van der Waals surface area contributed by atoms with Crippen molar-refractivity contribution in [3.63, 3.8) is 0 Å². The number of hydrogen-bond donors (Lipinski definition) is 2. The topological polar surface area (TPSA) is 83.6 Å². The summed E-state index contributed by atoms with van der Waals surface area (Å²) in [5, 5.41) is 9.69. The highest BCUT2D eigenvalue weighted by atomic mass is 32.2. The zero-order valence-corrected chi connectivity index (χ0v) is 11.8. The molecule has 2 aromatic carbocycles. The van der Waals surface area contributed by atoms with Gasteiger partial charge in [-0.1, -0.05) is 18.2 Å². The van der Waals surface area contributed by atoms with Gasteiger partial charge in [-0.15, -0.1) is 0 Å². The summed E-state index contributed by atoms with van der Waals surface area (Å²) >= 11 is 0. The molecule has 0 spiro atoms. The molecule has 2 aromatic rings. The Bertz CT molecular complexity index is 697. The van der Waals surface area contributed by atoms with Crippen molar-refractivity contribution in [2.24, 2.45) is 0 Å². The van der Waals surface area contributed by atoms with E-state index in [1.165, 1.54) is 29.6 Å². The van der Waals surface area contributed by atoms with Gasteiger partial charge in [-0.3, -0.25) is 0 Å². The summed E-state index contributed by atoms with van der Waals surface area (Å²) in [5.74, 6) is 0.0758. The third kappa shape index (κ3) is 2.92. The van der Waals surface area contributed by atoms with Gasteiger partial charge >= 0.3 is 0 Å². The largest absolute Gasteiger partial charge is 0.508 e. The first-order valence-corrected chi connectivity index (χ1v) is 7.44. The first kappa shape index (κ1) is 14.4. The third-order valence-electron chi connectivity index (χ3n) is 2.97. The Morgan fingerprint density at radius 1 is 1.10 bits per heavy atom. The molecule has 0 aliphatic carbocycles. The van der Waals surface area contributed by atoms with Crippen molar-refractivity contribution >= 4 is 15.7 Å². The van der Waals surface area contributed by atoms with Gasteiger partial charge < -0.3 is 10.8 Å². The minimum Gasteiger partial charge on any atom is -0.508 e. The molecule has 0 aliphatic heterocycles. The van der Waals surface area contributed by atoms with Crippen molar-refractivity contribution < 1.29 is 13.5 Å². The molecule has 0 aliphatic rings. The van der Waals surface area contributed by atoms with Gasteiger partial charge in [0.25, 0.3) is 0 Å². The number of nitrogens with two attached hydrogens (primary N) is 1.